The lowest BCUT2D eigenvalue weighted by Gasteiger charge is -2.35. The van der Waals surface area contributed by atoms with Crippen LogP contribution in [-0.2, 0) is 11.2 Å². The molecule has 0 aromatic carbocycles. The highest BCUT2D eigenvalue weighted by molar-refractivity contribution is 7.15. The van der Waals surface area contributed by atoms with Gasteiger partial charge in [0.15, 0.2) is 5.13 Å². The van der Waals surface area contributed by atoms with E-state index < -0.39 is 0 Å². The van der Waals surface area contributed by atoms with Gasteiger partial charge in [-0.3, -0.25) is 4.79 Å². The zero-order chi connectivity index (χ0) is 13.9. The first kappa shape index (κ1) is 16.5. The van der Waals surface area contributed by atoms with E-state index in [0.717, 1.165) is 57.1 Å². The molecule has 1 aromatic rings. The third-order valence-electron chi connectivity index (χ3n) is 4.11. The average Bonchev–Trinajstić information content (AvgIpc) is 3.18. The van der Waals surface area contributed by atoms with Crippen molar-refractivity contribution in [2.75, 3.05) is 37.6 Å². The molecule has 1 N–H and O–H groups in total. The predicted molar refractivity (Wildman–Crippen MR) is 88.6 cm³/mol. The molecule has 2 aliphatic heterocycles. The van der Waals surface area contributed by atoms with E-state index in [1.165, 1.54) is 4.88 Å². The van der Waals surface area contributed by atoms with Crippen LogP contribution in [-0.4, -0.2) is 54.6 Å². The molecule has 0 unspecified atom stereocenters. The van der Waals surface area contributed by atoms with E-state index in [1.54, 1.807) is 11.3 Å². The molecule has 0 radical (unpaired) electrons. The van der Waals surface area contributed by atoms with Crippen molar-refractivity contribution in [3.05, 3.63) is 11.1 Å². The summed E-state index contributed by atoms with van der Waals surface area (Å²) < 4.78 is 0. The Balaban J connectivity index is 0.00000161. The zero-order valence-corrected chi connectivity index (χ0v) is 14.0. The third kappa shape index (κ3) is 3.67. The molecule has 5 nitrogen and oxygen atoms in total. The molecule has 3 heterocycles. The lowest BCUT2D eigenvalue weighted by molar-refractivity contribution is -0.133. The van der Waals surface area contributed by atoms with Crippen LogP contribution in [0.3, 0.4) is 0 Å². The molecule has 2 aliphatic rings. The van der Waals surface area contributed by atoms with Crippen LogP contribution in [0.4, 0.5) is 5.13 Å². The summed E-state index contributed by atoms with van der Waals surface area (Å²) in [5.74, 6) is 0.288. The minimum Gasteiger partial charge on any atom is -0.345 e. The maximum Gasteiger partial charge on any atom is 0.239 e. The van der Waals surface area contributed by atoms with Crippen molar-refractivity contribution in [1.29, 1.82) is 0 Å². The van der Waals surface area contributed by atoms with Crippen molar-refractivity contribution in [3.63, 3.8) is 0 Å². The zero-order valence-electron chi connectivity index (χ0n) is 12.4. The molecule has 118 valence electrons. The molecule has 2 saturated heterocycles. The van der Waals surface area contributed by atoms with Gasteiger partial charge in [-0.05, 0) is 25.8 Å². The minimum atomic E-state index is 0. The fraction of sp³-hybridized carbons (Fsp3) is 0.714. The van der Waals surface area contributed by atoms with Gasteiger partial charge in [-0.2, -0.15) is 0 Å². The SMILES string of the molecule is CCc1cnc(N2CCN(C(=O)[C@@H]3CCCN3)CC2)s1.Cl. The van der Waals surface area contributed by atoms with Crippen molar-refractivity contribution < 1.29 is 4.79 Å². The average molecular weight is 331 g/mol. The first-order valence-corrected chi connectivity index (χ1v) is 8.31. The van der Waals surface area contributed by atoms with Crippen molar-refractivity contribution in [2.45, 2.75) is 32.2 Å². The fourth-order valence-electron chi connectivity index (χ4n) is 2.84. The van der Waals surface area contributed by atoms with Gasteiger partial charge in [0.05, 0.1) is 6.04 Å². The van der Waals surface area contributed by atoms with Crippen LogP contribution in [0.15, 0.2) is 6.20 Å². The first-order valence-electron chi connectivity index (χ1n) is 7.49. The number of hydrogen-bond acceptors (Lipinski definition) is 5. The number of aryl methyl sites for hydroxylation is 1. The van der Waals surface area contributed by atoms with E-state index in [0.29, 0.717) is 0 Å². The van der Waals surface area contributed by atoms with Crippen LogP contribution < -0.4 is 10.2 Å². The molecular formula is C14H23ClN4OS. The van der Waals surface area contributed by atoms with E-state index in [4.69, 9.17) is 0 Å². The van der Waals surface area contributed by atoms with Gasteiger partial charge in [-0.15, -0.1) is 23.7 Å². The number of amides is 1. The van der Waals surface area contributed by atoms with Crippen molar-refractivity contribution in [3.8, 4) is 0 Å². The number of rotatable bonds is 3. The van der Waals surface area contributed by atoms with E-state index in [2.05, 4.69) is 22.1 Å². The molecule has 0 aliphatic carbocycles. The second-order valence-electron chi connectivity index (χ2n) is 5.42. The summed E-state index contributed by atoms with van der Waals surface area (Å²) in [6.07, 6.45) is 5.13. The molecule has 1 aromatic heterocycles. The number of nitrogens with zero attached hydrogens (tertiary/aromatic N) is 3. The Hall–Kier alpha value is -0.850. The number of piperazine rings is 1. The summed E-state index contributed by atoms with van der Waals surface area (Å²) in [6.45, 7) is 6.57. The number of halogens is 1. The van der Waals surface area contributed by atoms with Crippen LogP contribution in [0.25, 0.3) is 0 Å². The predicted octanol–water partition coefficient (Wildman–Crippen LogP) is 1.53. The maximum absolute atomic E-state index is 12.3. The summed E-state index contributed by atoms with van der Waals surface area (Å²) in [5, 5.41) is 4.40. The molecule has 1 amide bonds. The topological polar surface area (TPSA) is 48.5 Å². The smallest absolute Gasteiger partial charge is 0.239 e. The summed E-state index contributed by atoms with van der Waals surface area (Å²) in [4.78, 5) is 22.4. The molecule has 0 bridgehead atoms. The van der Waals surface area contributed by atoms with Crippen molar-refractivity contribution in [1.82, 2.24) is 15.2 Å². The number of anilines is 1. The molecule has 0 saturated carbocycles. The van der Waals surface area contributed by atoms with Gasteiger partial charge in [0.25, 0.3) is 0 Å². The summed E-state index contributed by atoms with van der Waals surface area (Å²) >= 11 is 1.77. The molecular weight excluding hydrogens is 308 g/mol. The van der Waals surface area contributed by atoms with Gasteiger partial charge in [0.1, 0.15) is 0 Å². The van der Waals surface area contributed by atoms with Crippen molar-refractivity contribution >= 4 is 34.8 Å². The Morgan fingerprint density at radius 3 is 2.76 bits per heavy atom. The normalized spacial score (nSPS) is 22.2. The lowest BCUT2D eigenvalue weighted by atomic mass is 10.2. The quantitative estimate of drug-likeness (QED) is 0.913. The Morgan fingerprint density at radius 2 is 2.19 bits per heavy atom. The highest BCUT2D eigenvalue weighted by Crippen LogP contribution is 2.24. The third-order valence-corrected chi connectivity index (χ3v) is 5.31. The molecule has 7 heteroatoms. The number of nitrogens with one attached hydrogen (secondary N) is 1. The second kappa shape index (κ2) is 7.42. The number of aromatic nitrogens is 1. The standard InChI is InChI=1S/C14H22N4OS.ClH/c1-2-11-10-16-14(20-11)18-8-6-17(7-9-18)13(19)12-4-3-5-15-12;/h10,12,15H,2-9H2,1H3;1H/t12-;/m0./s1. The molecule has 3 rings (SSSR count). The highest BCUT2D eigenvalue weighted by atomic mass is 35.5. The van der Waals surface area contributed by atoms with Gasteiger partial charge in [0, 0.05) is 37.3 Å². The number of thiazole rings is 1. The Kier molecular flexibility index (Phi) is 5.84. The molecule has 1 atom stereocenters. The van der Waals surface area contributed by atoms with E-state index >= 15 is 0 Å². The monoisotopic (exact) mass is 330 g/mol. The first-order chi connectivity index (χ1) is 9.78. The highest BCUT2D eigenvalue weighted by Gasteiger charge is 2.29. The van der Waals surface area contributed by atoms with Crippen LogP contribution in [0.1, 0.15) is 24.6 Å². The lowest BCUT2D eigenvalue weighted by Crippen LogP contribution is -2.53. The number of hydrogen-bond donors (Lipinski definition) is 1. The van der Waals surface area contributed by atoms with Crippen LogP contribution in [0.2, 0.25) is 0 Å². The Bertz CT molecular complexity index is 467. The Morgan fingerprint density at radius 1 is 1.43 bits per heavy atom. The van der Waals surface area contributed by atoms with Gasteiger partial charge < -0.3 is 15.1 Å². The van der Waals surface area contributed by atoms with E-state index in [9.17, 15) is 4.79 Å². The molecule has 2 fully saturated rings. The van der Waals surface area contributed by atoms with Gasteiger partial charge in [-0.1, -0.05) is 6.92 Å². The fourth-order valence-corrected chi connectivity index (χ4v) is 3.74. The van der Waals surface area contributed by atoms with Crippen LogP contribution in [0, 0.1) is 0 Å². The summed E-state index contributed by atoms with van der Waals surface area (Å²) in [6, 6.07) is 0.0631. The van der Waals surface area contributed by atoms with E-state index in [1.807, 2.05) is 11.1 Å². The van der Waals surface area contributed by atoms with Crippen molar-refractivity contribution in [2.24, 2.45) is 0 Å². The summed E-state index contributed by atoms with van der Waals surface area (Å²) in [5.41, 5.74) is 0. The number of carbonyl (C=O) groups excluding carboxylic acids is 1. The molecule has 21 heavy (non-hydrogen) atoms. The van der Waals surface area contributed by atoms with Crippen LogP contribution >= 0.6 is 23.7 Å². The van der Waals surface area contributed by atoms with Crippen LogP contribution in [0.5, 0.6) is 0 Å². The van der Waals surface area contributed by atoms with Gasteiger partial charge in [-0.25, -0.2) is 4.98 Å². The van der Waals surface area contributed by atoms with Gasteiger partial charge >= 0.3 is 0 Å². The van der Waals surface area contributed by atoms with Gasteiger partial charge in [0.2, 0.25) is 5.91 Å². The largest absolute Gasteiger partial charge is 0.345 e. The van der Waals surface area contributed by atoms with E-state index in [-0.39, 0.29) is 24.4 Å². The second-order valence-corrected chi connectivity index (χ2v) is 6.52. The number of carbonyl (C=O) groups is 1. The maximum atomic E-state index is 12.3. The minimum absolute atomic E-state index is 0. The molecule has 0 spiro atoms. The Labute approximate surface area is 136 Å². The summed E-state index contributed by atoms with van der Waals surface area (Å²) in [7, 11) is 0.